The average molecular weight is 378 g/mol. The summed E-state index contributed by atoms with van der Waals surface area (Å²) < 4.78 is 13.0. The molecule has 0 aliphatic carbocycles. The first-order valence-electron chi connectivity index (χ1n) is 10.1. The van der Waals surface area contributed by atoms with E-state index in [-0.39, 0.29) is 5.82 Å². The van der Waals surface area contributed by atoms with E-state index in [4.69, 9.17) is 0 Å². The Kier molecular flexibility index (Phi) is 6.00. The van der Waals surface area contributed by atoms with Crippen molar-refractivity contribution in [3.05, 3.63) is 95.8 Å². The van der Waals surface area contributed by atoms with Crippen molar-refractivity contribution < 1.29 is 14.2 Å². The average Bonchev–Trinajstić information content (AvgIpc) is 2.75. The second-order valence-corrected chi connectivity index (χ2v) is 7.57. The molecule has 0 atom stereocenters. The molecule has 3 nitrogen and oxygen atoms in total. The molecule has 3 N–H and O–H groups in total. The molecule has 1 heterocycles. The Morgan fingerprint density at radius 1 is 0.714 bits per heavy atom. The molecule has 0 saturated carbocycles. The maximum atomic E-state index is 13.0. The lowest BCUT2D eigenvalue weighted by molar-refractivity contribution is -0.994. The third kappa shape index (κ3) is 4.97. The second-order valence-electron chi connectivity index (χ2n) is 7.57. The van der Waals surface area contributed by atoms with Crippen molar-refractivity contribution in [2.75, 3.05) is 31.5 Å². The van der Waals surface area contributed by atoms with E-state index in [1.807, 2.05) is 12.1 Å². The van der Waals surface area contributed by atoms with E-state index < -0.39 is 0 Å². The minimum atomic E-state index is -0.193. The van der Waals surface area contributed by atoms with E-state index in [1.165, 1.54) is 49.6 Å². The molecule has 0 aromatic heterocycles. The minimum Gasteiger partial charge on any atom is -0.381 e. The van der Waals surface area contributed by atoms with Gasteiger partial charge in [-0.2, -0.15) is 0 Å². The Balaban J connectivity index is 1.27. The molecular weight excluding hydrogens is 349 g/mol. The predicted octanol–water partition coefficient (Wildman–Crippen LogP) is 2.05. The van der Waals surface area contributed by atoms with Gasteiger partial charge in [0.2, 0.25) is 0 Å². The van der Waals surface area contributed by atoms with Crippen LogP contribution in [-0.4, -0.2) is 26.2 Å². The van der Waals surface area contributed by atoms with Crippen molar-refractivity contribution in [1.29, 1.82) is 0 Å². The Bertz CT molecular complexity index is 855. The van der Waals surface area contributed by atoms with Gasteiger partial charge in [0.25, 0.3) is 0 Å². The van der Waals surface area contributed by atoms with Gasteiger partial charge in [-0.15, -0.1) is 0 Å². The third-order valence-electron chi connectivity index (χ3n) is 5.56. The zero-order valence-corrected chi connectivity index (χ0v) is 16.1. The van der Waals surface area contributed by atoms with E-state index in [1.54, 1.807) is 9.80 Å². The molecule has 1 aliphatic heterocycles. The largest absolute Gasteiger partial charge is 0.381 e. The molecule has 0 bridgehead atoms. The molecule has 0 radical (unpaired) electrons. The normalized spacial score (nSPS) is 19.3. The number of piperazine rings is 1. The van der Waals surface area contributed by atoms with Crippen molar-refractivity contribution in [1.82, 2.24) is 0 Å². The summed E-state index contributed by atoms with van der Waals surface area (Å²) in [4.78, 5) is 3.24. The van der Waals surface area contributed by atoms with Crippen LogP contribution in [0, 0.1) is 5.82 Å². The number of rotatable bonds is 6. The fraction of sp³-hybridized carbons (Fsp3) is 0.250. The Labute approximate surface area is 166 Å². The first kappa shape index (κ1) is 18.7. The first-order chi connectivity index (χ1) is 13.8. The van der Waals surface area contributed by atoms with Crippen LogP contribution in [0.5, 0.6) is 0 Å². The van der Waals surface area contributed by atoms with Gasteiger partial charge in [-0.25, -0.2) is 4.39 Å². The molecule has 0 unspecified atom stereocenters. The van der Waals surface area contributed by atoms with Gasteiger partial charge >= 0.3 is 0 Å². The molecule has 4 heteroatoms. The number of halogens is 1. The fourth-order valence-corrected chi connectivity index (χ4v) is 3.89. The zero-order valence-electron chi connectivity index (χ0n) is 16.1. The van der Waals surface area contributed by atoms with E-state index in [9.17, 15) is 4.39 Å². The van der Waals surface area contributed by atoms with Crippen LogP contribution in [-0.2, 0) is 13.1 Å². The Morgan fingerprint density at radius 3 is 2.07 bits per heavy atom. The maximum absolute atomic E-state index is 13.0. The summed E-state index contributed by atoms with van der Waals surface area (Å²) in [6.07, 6.45) is 0. The lowest BCUT2D eigenvalue weighted by Gasteiger charge is -2.29. The summed E-state index contributed by atoms with van der Waals surface area (Å²) in [5.74, 6) is -0.193. The zero-order chi connectivity index (χ0) is 19.2. The van der Waals surface area contributed by atoms with E-state index in [0.29, 0.717) is 6.54 Å². The van der Waals surface area contributed by atoms with Crippen LogP contribution in [0.3, 0.4) is 0 Å². The van der Waals surface area contributed by atoms with Crippen LogP contribution in [0.2, 0.25) is 0 Å². The fourth-order valence-electron chi connectivity index (χ4n) is 3.89. The molecule has 1 fully saturated rings. The van der Waals surface area contributed by atoms with Crippen LogP contribution in [0.15, 0.2) is 78.9 Å². The molecule has 0 amide bonds. The number of nitrogens with one attached hydrogen (secondary N) is 3. The van der Waals surface area contributed by atoms with Crippen molar-refractivity contribution in [3.8, 4) is 0 Å². The van der Waals surface area contributed by atoms with Gasteiger partial charge in [0, 0.05) is 29.9 Å². The quantitative estimate of drug-likeness (QED) is 0.601. The van der Waals surface area contributed by atoms with Crippen LogP contribution >= 0.6 is 0 Å². The summed E-state index contributed by atoms with van der Waals surface area (Å²) in [6, 6.07) is 26.2. The summed E-state index contributed by atoms with van der Waals surface area (Å²) in [5.41, 5.74) is 4.97. The van der Waals surface area contributed by atoms with Crippen molar-refractivity contribution in [3.63, 3.8) is 0 Å². The van der Waals surface area contributed by atoms with Gasteiger partial charge in [0.1, 0.15) is 44.2 Å². The molecule has 3 aromatic carbocycles. The summed E-state index contributed by atoms with van der Waals surface area (Å²) >= 11 is 0. The summed E-state index contributed by atoms with van der Waals surface area (Å²) in [7, 11) is 0. The Morgan fingerprint density at radius 2 is 1.39 bits per heavy atom. The molecule has 28 heavy (non-hydrogen) atoms. The minimum absolute atomic E-state index is 0.193. The monoisotopic (exact) mass is 377 g/mol. The topological polar surface area (TPSA) is 20.9 Å². The molecule has 4 rings (SSSR count). The van der Waals surface area contributed by atoms with Gasteiger partial charge in [-0.05, 0) is 29.8 Å². The second kappa shape index (κ2) is 9.00. The van der Waals surface area contributed by atoms with Gasteiger partial charge in [0.05, 0.1) is 0 Å². The highest BCUT2D eigenvalue weighted by atomic mass is 19.1. The van der Waals surface area contributed by atoms with Crippen LogP contribution in [0.4, 0.5) is 15.8 Å². The summed E-state index contributed by atoms with van der Waals surface area (Å²) in [6.45, 7) is 6.58. The third-order valence-corrected chi connectivity index (χ3v) is 5.56. The van der Waals surface area contributed by atoms with E-state index >= 15 is 0 Å². The van der Waals surface area contributed by atoms with Crippen LogP contribution in [0.1, 0.15) is 11.1 Å². The standard InChI is InChI=1S/C24H26FN3/c25-22-8-6-20(7-9-22)18-26-23-10-12-24(13-11-23)28-16-14-27(15-17-28)19-21-4-2-1-3-5-21/h1-13,26H,14-19H2/p+2. The van der Waals surface area contributed by atoms with Gasteiger partial charge in [-0.3, -0.25) is 4.90 Å². The highest BCUT2D eigenvalue weighted by molar-refractivity contribution is 5.48. The SMILES string of the molecule is Fc1ccc(CNc2ccc([NH+]3CC[NH+](Cc4ccccc4)CC3)cc2)cc1. The van der Waals surface area contributed by atoms with E-state index in [0.717, 1.165) is 17.8 Å². The number of hydrogen-bond donors (Lipinski definition) is 3. The van der Waals surface area contributed by atoms with Crippen LogP contribution in [0.25, 0.3) is 0 Å². The molecule has 1 aliphatic rings. The van der Waals surface area contributed by atoms with Crippen molar-refractivity contribution in [2.24, 2.45) is 0 Å². The number of benzene rings is 3. The van der Waals surface area contributed by atoms with Crippen molar-refractivity contribution in [2.45, 2.75) is 13.1 Å². The van der Waals surface area contributed by atoms with Gasteiger partial charge in [0.15, 0.2) is 0 Å². The summed E-state index contributed by atoms with van der Waals surface area (Å²) in [5, 5.41) is 3.41. The number of hydrogen-bond acceptors (Lipinski definition) is 1. The molecule has 3 aromatic rings. The van der Waals surface area contributed by atoms with Crippen molar-refractivity contribution >= 4 is 11.4 Å². The van der Waals surface area contributed by atoms with E-state index in [2.05, 4.69) is 59.9 Å². The first-order valence-corrected chi connectivity index (χ1v) is 10.1. The smallest absolute Gasteiger partial charge is 0.132 e. The molecule has 0 spiro atoms. The predicted molar refractivity (Wildman–Crippen MR) is 111 cm³/mol. The lowest BCUT2D eigenvalue weighted by Crippen LogP contribution is -3.25. The maximum Gasteiger partial charge on any atom is 0.132 e. The van der Waals surface area contributed by atoms with Gasteiger partial charge in [-0.1, -0.05) is 42.5 Å². The Hall–Kier alpha value is -2.69. The lowest BCUT2D eigenvalue weighted by atomic mass is 10.2. The highest BCUT2D eigenvalue weighted by Gasteiger charge is 2.24. The number of anilines is 1. The van der Waals surface area contributed by atoms with Gasteiger partial charge < -0.3 is 10.2 Å². The highest BCUT2D eigenvalue weighted by Crippen LogP contribution is 2.12. The molecular formula is C24H28FN3+2. The molecule has 144 valence electrons. The molecule has 1 saturated heterocycles. The number of quaternary nitrogens is 2. The van der Waals surface area contributed by atoms with Crippen LogP contribution < -0.4 is 15.1 Å².